The van der Waals surface area contributed by atoms with Crippen LogP contribution in [0.25, 0.3) is 0 Å². The van der Waals surface area contributed by atoms with E-state index in [1.54, 1.807) is 26.1 Å². The van der Waals surface area contributed by atoms with Crippen LogP contribution in [-0.4, -0.2) is 45.5 Å². The van der Waals surface area contributed by atoms with Crippen LogP contribution >= 0.6 is 0 Å². The fourth-order valence-corrected chi connectivity index (χ4v) is 2.55. The highest BCUT2D eigenvalue weighted by atomic mass is 19.3. The van der Waals surface area contributed by atoms with Crippen molar-refractivity contribution in [2.45, 2.75) is 39.0 Å². The minimum Gasteiger partial charge on any atom is -0.490 e. The molecule has 0 saturated carbocycles. The minimum atomic E-state index is -2.89. The Bertz CT molecular complexity index is 564. The summed E-state index contributed by atoms with van der Waals surface area (Å²) in [5, 5.41) is 6.40. The summed E-state index contributed by atoms with van der Waals surface area (Å²) in [6, 6.07) is 4.87. The van der Waals surface area contributed by atoms with Gasteiger partial charge in [0.1, 0.15) is 0 Å². The molecule has 0 radical (unpaired) electrons. The van der Waals surface area contributed by atoms with Crippen LogP contribution in [0.5, 0.6) is 11.5 Å². The first-order chi connectivity index (χ1) is 12.1. The second-order valence-corrected chi connectivity index (χ2v) is 5.53. The Kier molecular flexibility index (Phi) is 7.72. The molecule has 0 aliphatic carbocycles. The fourth-order valence-electron chi connectivity index (χ4n) is 2.55. The highest BCUT2D eigenvalue weighted by Gasteiger charge is 2.16. The maximum atomic E-state index is 12.4. The number of benzene rings is 1. The van der Waals surface area contributed by atoms with E-state index in [9.17, 15) is 8.78 Å². The van der Waals surface area contributed by atoms with E-state index in [0.29, 0.717) is 31.4 Å². The van der Waals surface area contributed by atoms with Crippen molar-refractivity contribution < 1.29 is 23.0 Å². The Morgan fingerprint density at radius 1 is 1.36 bits per heavy atom. The molecule has 25 heavy (non-hydrogen) atoms. The predicted octanol–water partition coefficient (Wildman–Crippen LogP) is 2.53. The number of aliphatic imine (C=N–C) groups is 1. The Labute approximate surface area is 146 Å². The van der Waals surface area contributed by atoms with E-state index in [1.807, 2.05) is 0 Å². The summed E-state index contributed by atoms with van der Waals surface area (Å²) >= 11 is 0. The molecule has 1 saturated heterocycles. The van der Waals surface area contributed by atoms with Crippen molar-refractivity contribution in [3.8, 4) is 11.5 Å². The SMILES string of the molecule is CCOc1cc(CNC(=NC)NCC2CCCO2)ccc1OC(F)F. The lowest BCUT2D eigenvalue weighted by molar-refractivity contribution is -0.0514. The van der Waals surface area contributed by atoms with Gasteiger partial charge in [0.05, 0.1) is 12.7 Å². The molecule has 1 fully saturated rings. The number of halogens is 2. The van der Waals surface area contributed by atoms with Gasteiger partial charge in [0.25, 0.3) is 0 Å². The van der Waals surface area contributed by atoms with Gasteiger partial charge in [-0.05, 0) is 37.5 Å². The molecule has 0 bridgehead atoms. The Balaban J connectivity index is 1.90. The molecule has 2 rings (SSSR count). The number of hydrogen-bond acceptors (Lipinski definition) is 4. The van der Waals surface area contributed by atoms with Gasteiger partial charge >= 0.3 is 6.61 Å². The summed E-state index contributed by atoms with van der Waals surface area (Å²) in [5.74, 6) is 0.979. The van der Waals surface area contributed by atoms with Crippen LogP contribution in [-0.2, 0) is 11.3 Å². The molecule has 0 amide bonds. The highest BCUT2D eigenvalue weighted by Crippen LogP contribution is 2.29. The summed E-state index contributed by atoms with van der Waals surface area (Å²) in [7, 11) is 1.69. The zero-order chi connectivity index (χ0) is 18.1. The van der Waals surface area contributed by atoms with Crippen molar-refractivity contribution in [2.75, 3.05) is 26.8 Å². The lowest BCUT2D eigenvalue weighted by Crippen LogP contribution is -2.40. The van der Waals surface area contributed by atoms with Gasteiger partial charge in [0.2, 0.25) is 0 Å². The van der Waals surface area contributed by atoms with Gasteiger partial charge in [-0.25, -0.2) is 0 Å². The minimum absolute atomic E-state index is 0.0292. The molecule has 1 aromatic rings. The quantitative estimate of drug-likeness (QED) is 0.553. The Morgan fingerprint density at radius 2 is 2.20 bits per heavy atom. The number of rotatable bonds is 8. The van der Waals surface area contributed by atoms with E-state index in [1.165, 1.54) is 6.07 Å². The van der Waals surface area contributed by atoms with Crippen molar-refractivity contribution in [1.29, 1.82) is 0 Å². The van der Waals surface area contributed by atoms with Crippen LogP contribution in [0, 0.1) is 0 Å². The summed E-state index contributed by atoms with van der Waals surface area (Å²) in [4.78, 5) is 4.16. The maximum Gasteiger partial charge on any atom is 0.387 e. The molecule has 1 atom stereocenters. The number of ether oxygens (including phenoxy) is 3. The van der Waals surface area contributed by atoms with Crippen LogP contribution in [0.3, 0.4) is 0 Å². The van der Waals surface area contributed by atoms with Gasteiger partial charge in [0, 0.05) is 26.7 Å². The summed E-state index contributed by atoms with van der Waals surface area (Å²) < 4.78 is 40.3. The largest absolute Gasteiger partial charge is 0.490 e. The molecule has 1 aromatic carbocycles. The molecular weight excluding hydrogens is 332 g/mol. The molecule has 8 heteroatoms. The van der Waals surface area contributed by atoms with Crippen molar-refractivity contribution in [3.63, 3.8) is 0 Å². The third kappa shape index (κ3) is 6.38. The fraction of sp³-hybridized carbons (Fsp3) is 0.588. The van der Waals surface area contributed by atoms with Crippen molar-refractivity contribution in [2.24, 2.45) is 4.99 Å². The van der Waals surface area contributed by atoms with Gasteiger partial charge in [-0.15, -0.1) is 0 Å². The topological polar surface area (TPSA) is 64.1 Å². The first kappa shape index (κ1) is 19.2. The van der Waals surface area contributed by atoms with Crippen LogP contribution in [0.4, 0.5) is 8.78 Å². The molecule has 0 spiro atoms. The van der Waals surface area contributed by atoms with Crippen molar-refractivity contribution in [1.82, 2.24) is 10.6 Å². The van der Waals surface area contributed by atoms with Crippen molar-refractivity contribution >= 4 is 5.96 Å². The second kappa shape index (κ2) is 10.0. The normalized spacial score (nSPS) is 17.6. The van der Waals surface area contributed by atoms with E-state index in [-0.39, 0.29) is 11.9 Å². The molecule has 6 nitrogen and oxygen atoms in total. The second-order valence-electron chi connectivity index (χ2n) is 5.53. The van der Waals surface area contributed by atoms with E-state index < -0.39 is 6.61 Å². The van der Waals surface area contributed by atoms with Gasteiger partial charge in [-0.1, -0.05) is 6.07 Å². The number of nitrogens with one attached hydrogen (secondary N) is 2. The molecule has 1 unspecified atom stereocenters. The molecule has 1 aliphatic rings. The third-order valence-corrected chi connectivity index (χ3v) is 3.73. The van der Waals surface area contributed by atoms with E-state index in [2.05, 4.69) is 20.4 Å². The smallest absolute Gasteiger partial charge is 0.387 e. The van der Waals surface area contributed by atoms with Crippen LogP contribution < -0.4 is 20.1 Å². The van der Waals surface area contributed by atoms with E-state index in [0.717, 1.165) is 25.0 Å². The summed E-state index contributed by atoms with van der Waals surface area (Å²) in [6.45, 7) is 1.25. The summed E-state index contributed by atoms with van der Waals surface area (Å²) in [5.41, 5.74) is 0.866. The lowest BCUT2D eigenvalue weighted by atomic mass is 10.2. The van der Waals surface area contributed by atoms with Crippen LogP contribution in [0.2, 0.25) is 0 Å². The van der Waals surface area contributed by atoms with Gasteiger partial charge < -0.3 is 24.8 Å². The van der Waals surface area contributed by atoms with Gasteiger partial charge in [0.15, 0.2) is 17.5 Å². The van der Waals surface area contributed by atoms with Crippen LogP contribution in [0.15, 0.2) is 23.2 Å². The standard InChI is InChI=1S/C17H25F2N3O3/c1-3-23-15-9-12(6-7-14(15)25-16(18)19)10-21-17(20-2)22-11-13-5-4-8-24-13/h6-7,9,13,16H,3-5,8,10-11H2,1-2H3,(H2,20,21,22). The number of hydrogen-bond donors (Lipinski definition) is 2. The Morgan fingerprint density at radius 3 is 2.84 bits per heavy atom. The van der Waals surface area contributed by atoms with Gasteiger partial charge in [-0.3, -0.25) is 4.99 Å². The molecular formula is C17H25F2N3O3. The average molecular weight is 357 g/mol. The number of alkyl halides is 2. The zero-order valence-corrected chi connectivity index (χ0v) is 14.6. The number of nitrogens with zero attached hydrogens (tertiary/aromatic N) is 1. The summed E-state index contributed by atoms with van der Waals surface area (Å²) in [6.07, 6.45) is 2.35. The van der Waals surface area contributed by atoms with Crippen molar-refractivity contribution in [3.05, 3.63) is 23.8 Å². The molecule has 1 aliphatic heterocycles. The number of guanidine groups is 1. The molecule has 0 aromatic heterocycles. The first-order valence-corrected chi connectivity index (χ1v) is 8.39. The third-order valence-electron chi connectivity index (χ3n) is 3.73. The molecule has 2 N–H and O–H groups in total. The first-order valence-electron chi connectivity index (χ1n) is 8.39. The lowest BCUT2D eigenvalue weighted by Gasteiger charge is -2.16. The monoisotopic (exact) mass is 357 g/mol. The van der Waals surface area contributed by atoms with Crippen LogP contribution in [0.1, 0.15) is 25.3 Å². The average Bonchev–Trinajstić information content (AvgIpc) is 3.10. The van der Waals surface area contributed by atoms with E-state index >= 15 is 0 Å². The predicted molar refractivity (Wildman–Crippen MR) is 91.4 cm³/mol. The molecule has 140 valence electrons. The van der Waals surface area contributed by atoms with E-state index in [4.69, 9.17) is 9.47 Å². The highest BCUT2D eigenvalue weighted by molar-refractivity contribution is 5.79. The maximum absolute atomic E-state index is 12.4. The zero-order valence-electron chi connectivity index (χ0n) is 14.6. The van der Waals surface area contributed by atoms with Gasteiger partial charge in [-0.2, -0.15) is 8.78 Å². The Hall–Kier alpha value is -2.09. The molecule has 1 heterocycles.